The monoisotopic (exact) mass is 289 g/mol. The maximum absolute atomic E-state index is 11.5. The maximum Gasteiger partial charge on any atom is 0.343 e. The molecule has 104 valence electrons. The number of nitrogens with zero attached hydrogens (tertiary/aromatic N) is 3. The molecule has 0 unspecified atom stereocenters. The first kappa shape index (κ1) is 14.4. The Morgan fingerprint density at radius 2 is 2.35 bits per heavy atom. The highest BCUT2D eigenvalue weighted by molar-refractivity contribution is 7.99. The van der Waals surface area contributed by atoms with Gasteiger partial charge in [0.25, 0.3) is 0 Å². The fraction of sp³-hybridized carbons (Fsp3) is 0.308. The zero-order chi connectivity index (χ0) is 14.5. The van der Waals surface area contributed by atoms with Crippen molar-refractivity contribution in [3.8, 4) is 6.07 Å². The number of H-pyrrole nitrogens is 1. The summed E-state index contributed by atoms with van der Waals surface area (Å²) in [5, 5.41) is 19.3. The Balaban J connectivity index is 2.34. The topological polar surface area (TPSA) is 86.5 Å². The molecule has 0 bridgehead atoms. The third-order valence-electron chi connectivity index (χ3n) is 2.79. The minimum atomic E-state index is -0.236. The van der Waals surface area contributed by atoms with E-state index in [4.69, 9.17) is 0 Å². The van der Waals surface area contributed by atoms with Gasteiger partial charge in [-0.15, -0.1) is 5.10 Å². The summed E-state index contributed by atoms with van der Waals surface area (Å²) < 4.78 is 1.54. The Hall–Kier alpha value is -2.04. The first-order chi connectivity index (χ1) is 9.69. The van der Waals surface area contributed by atoms with E-state index in [0.717, 1.165) is 10.5 Å². The number of hydrogen-bond donors (Lipinski definition) is 2. The van der Waals surface area contributed by atoms with Crippen LogP contribution in [-0.4, -0.2) is 21.8 Å². The Labute approximate surface area is 120 Å². The molecule has 20 heavy (non-hydrogen) atoms. The summed E-state index contributed by atoms with van der Waals surface area (Å²) in [4.78, 5) is 12.3. The van der Waals surface area contributed by atoms with Crippen molar-refractivity contribution < 1.29 is 0 Å². The highest BCUT2D eigenvalue weighted by atomic mass is 32.2. The summed E-state index contributed by atoms with van der Waals surface area (Å²) >= 11 is 1.32. The first-order valence-corrected chi connectivity index (χ1v) is 7.02. The number of hydrogen-bond acceptors (Lipinski definition) is 5. The lowest BCUT2D eigenvalue weighted by Gasteiger charge is -2.06. The predicted molar refractivity (Wildman–Crippen MR) is 76.6 cm³/mol. The summed E-state index contributed by atoms with van der Waals surface area (Å²) in [6, 6.07) is 7.88. The number of aromatic amines is 1. The van der Waals surface area contributed by atoms with Crippen LogP contribution in [0, 0.1) is 11.3 Å². The lowest BCUT2D eigenvalue weighted by Crippen LogP contribution is -2.16. The molecule has 0 radical (unpaired) electrons. The highest BCUT2D eigenvalue weighted by Crippen LogP contribution is 2.28. The van der Waals surface area contributed by atoms with Crippen LogP contribution in [0.1, 0.15) is 18.1 Å². The van der Waals surface area contributed by atoms with Crippen molar-refractivity contribution in [2.45, 2.75) is 30.1 Å². The smallest absolute Gasteiger partial charge is 0.316 e. The summed E-state index contributed by atoms with van der Waals surface area (Å²) in [6.45, 7) is 3.13. The number of nitrogens with one attached hydrogen (secondary N) is 2. The van der Waals surface area contributed by atoms with Crippen molar-refractivity contribution in [1.29, 1.82) is 5.26 Å². The van der Waals surface area contributed by atoms with Crippen LogP contribution in [0.15, 0.2) is 33.0 Å². The van der Waals surface area contributed by atoms with Crippen molar-refractivity contribution in [3.63, 3.8) is 0 Å². The van der Waals surface area contributed by atoms with Gasteiger partial charge in [0.05, 0.1) is 5.56 Å². The van der Waals surface area contributed by atoms with Gasteiger partial charge in [-0.25, -0.2) is 9.89 Å². The molecule has 0 fully saturated rings. The molecule has 1 aromatic heterocycles. The van der Waals surface area contributed by atoms with E-state index < -0.39 is 0 Å². The maximum atomic E-state index is 11.5. The average molecular weight is 289 g/mol. The van der Waals surface area contributed by atoms with E-state index in [2.05, 4.69) is 21.6 Å². The van der Waals surface area contributed by atoms with Crippen molar-refractivity contribution in [2.24, 2.45) is 0 Å². The van der Waals surface area contributed by atoms with Crippen LogP contribution >= 0.6 is 11.8 Å². The largest absolute Gasteiger partial charge is 0.343 e. The van der Waals surface area contributed by atoms with E-state index in [9.17, 15) is 10.1 Å². The fourth-order valence-electron chi connectivity index (χ4n) is 1.83. The Morgan fingerprint density at radius 1 is 1.55 bits per heavy atom. The fourth-order valence-corrected chi connectivity index (χ4v) is 2.79. The van der Waals surface area contributed by atoms with E-state index >= 15 is 0 Å². The summed E-state index contributed by atoms with van der Waals surface area (Å²) in [5.41, 5.74) is 1.39. The third kappa shape index (κ3) is 2.92. The van der Waals surface area contributed by atoms with E-state index in [0.29, 0.717) is 23.8 Å². The van der Waals surface area contributed by atoms with Gasteiger partial charge in [0.1, 0.15) is 6.07 Å². The van der Waals surface area contributed by atoms with Gasteiger partial charge in [0.2, 0.25) is 0 Å². The van der Waals surface area contributed by atoms with Crippen LogP contribution < -0.4 is 11.0 Å². The molecular weight excluding hydrogens is 274 g/mol. The van der Waals surface area contributed by atoms with Crippen LogP contribution in [0.2, 0.25) is 0 Å². The van der Waals surface area contributed by atoms with Crippen molar-refractivity contribution in [2.75, 3.05) is 7.05 Å². The molecular formula is C13H15N5OS. The zero-order valence-electron chi connectivity index (χ0n) is 11.3. The molecule has 0 spiro atoms. The van der Waals surface area contributed by atoms with Crippen LogP contribution in [-0.2, 0) is 13.1 Å². The standard InChI is InChI=1S/C13H15N5OS/c1-3-18-12(19)16-17-13(18)20-11-5-4-9(8-15-2)6-10(11)7-14/h4-6,15H,3,8H2,1-2H3,(H,16,19). The van der Waals surface area contributed by atoms with E-state index in [1.165, 1.54) is 16.3 Å². The van der Waals surface area contributed by atoms with Crippen LogP contribution in [0.3, 0.4) is 0 Å². The van der Waals surface area contributed by atoms with E-state index in [1.807, 2.05) is 32.2 Å². The van der Waals surface area contributed by atoms with Crippen LogP contribution in [0.25, 0.3) is 0 Å². The second-order valence-corrected chi connectivity index (χ2v) is 5.14. The van der Waals surface area contributed by atoms with Crippen LogP contribution in [0.5, 0.6) is 0 Å². The molecule has 1 heterocycles. The molecule has 0 aliphatic rings. The second-order valence-electron chi connectivity index (χ2n) is 4.13. The Bertz CT molecular complexity index is 698. The molecule has 0 atom stereocenters. The minimum absolute atomic E-state index is 0.236. The zero-order valence-corrected chi connectivity index (χ0v) is 12.1. The lowest BCUT2D eigenvalue weighted by molar-refractivity contribution is 0.660. The highest BCUT2D eigenvalue weighted by Gasteiger charge is 2.11. The first-order valence-electron chi connectivity index (χ1n) is 6.20. The molecule has 7 heteroatoms. The molecule has 2 aromatic rings. The van der Waals surface area contributed by atoms with Gasteiger partial charge in [0, 0.05) is 18.0 Å². The lowest BCUT2D eigenvalue weighted by atomic mass is 10.1. The van der Waals surface area contributed by atoms with Gasteiger partial charge in [-0.05, 0) is 43.4 Å². The van der Waals surface area contributed by atoms with Gasteiger partial charge in [-0.3, -0.25) is 4.57 Å². The number of aromatic nitrogens is 3. The van der Waals surface area contributed by atoms with Gasteiger partial charge in [0.15, 0.2) is 5.16 Å². The minimum Gasteiger partial charge on any atom is -0.316 e. The van der Waals surface area contributed by atoms with Gasteiger partial charge in [-0.2, -0.15) is 5.26 Å². The van der Waals surface area contributed by atoms with E-state index in [-0.39, 0.29) is 5.69 Å². The molecule has 0 aliphatic heterocycles. The molecule has 1 aromatic carbocycles. The third-order valence-corrected chi connectivity index (χ3v) is 3.86. The normalized spacial score (nSPS) is 10.4. The predicted octanol–water partition coefficient (Wildman–Crippen LogP) is 1.33. The molecule has 0 amide bonds. The molecule has 2 N–H and O–H groups in total. The second kappa shape index (κ2) is 6.41. The summed E-state index contributed by atoms with van der Waals surface area (Å²) in [7, 11) is 1.86. The van der Waals surface area contributed by atoms with Crippen molar-refractivity contribution >= 4 is 11.8 Å². The van der Waals surface area contributed by atoms with Gasteiger partial charge < -0.3 is 5.32 Å². The molecule has 0 aliphatic carbocycles. The van der Waals surface area contributed by atoms with E-state index in [1.54, 1.807) is 0 Å². The Morgan fingerprint density at radius 3 is 3.00 bits per heavy atom. The Kier molecular flexibility index (Phi) is 4.61. The quantitative estimate of drug-likeness (QED) is 0.867. The summed E-state index contributed by atoms with van der Waals surface area (Å²) in [6.07, 6.45) is 0. The SMILES string of the molecule is CCn1c(Sc2ccc(CNC)cc2C#N)n[nH]c1=O. The summed E-state index contributed by atoms with van der Waals surface area (Å²) in [5.74, 6) is 0. The number of nitriles is 1. The number of benzene rings is 1. The van der Waals surface area contributed by atoms with Crippen LogP contribution in [0.4, 0.5) is 0 Å². The molecule has 2 rings (SSSR count). The van der Waals surface area contributed by atoms with Gasteiger partial charge >= 0.3 is 5.69 Å². The molecule has 0 saturated heterocycles. The van der Waals surface area contributed by atoms with Crippen molar-refractivity contribution in [3.05, 3.63) is 39.8 Å². The number of rotatable bonds is 5. The molecule has 6 nitrogen and oxygen atoms in total. The van der Waals surface area contributed by atoms with Crippen molar-refractivity contribution in [1.82, 2.24) is 20.1 Å². The average Bonchev–Trinajstić information content (AvgIpc) is 2.81. The van der Waals surface area contributed by atoms with Gasteiger partial charge in [-0.1, -0.05) is 6.07 Å². The molecule has 0 saturated carbocycles.